The van der Waals surface area contributed by atoms with Crippen molar-refractivity contribution in [3.05, 3.63) is 63.7 Å². The molecule has 8 nitrogen and oxygen atoms in total. The van der Waals surface area contributed by atoms with E-state index in [9.17, 15) is 14.7 Å². The quantitative estimate of drug-likeness (QED) is 0.493. The maximum absolute atomic E-state index is 16.1. The van der Waals surface area contributed by atoms with Crippen LogP contribution in [-0.2, 0) is 0 Å². The third kappa shape index (κ3) is 4.53. The van der Waals surface area contributed by atoms with Crippen LogP contribution >= 0.6 is 0 Å². The lowest BCUT2D eigenvalue weighted by atomic mass is 10.1. The number of piperazine rings is 2. The van der Waals surface area contributed by atoms with Gasteiger partial charge in [-0.05, 0) is 38.1 Å². The van der Waals surface area contributed by atoms with E-state index in [1.54, 1.807) is 6.07 Å². The highest BCUT2D eigenvalue weighted by molar-refractivity contribution is 5.94. The molecule has 196 valence electrons. The lowest BCUT2D eigenvalue weighted by Gasteiger charge is -2.34. The van der Waals surface area contributed by atoms with Crippen LogP contribution < -0.4 is 25.9 Å². The molecule has 0 bridgehead atoms. The van der Waals surface area contributed by atoms with Crippen LogP contribution in [0.1, 0.15) is 24.2 Å². The number of aromatic carboxylic acids is 1. The summed E-state index contributed by atoms with van der Waals surface area (Å²) in [6.07, 6.45) is 0.906. The van der Waals surface area contributed by atoms with Crippen LogP contribution in [0.4, 0.5) is 24.5 Å². The molecule has 37 heavy (non-hydrogen) atoms. The molecular formula is C26H28F3N5O3. The van der Waals surface area contributed by atoms with E-state index in [1.165, 1.54) is 17.0 Å². The van der Waals surface area contributed by atoms with Crippen LogP contribution in [0.3, 0.4) is 0 Å². The van der Waals surface area contributed by atoms with Crippen molar-refractivity contribution in [1.29, 1.82) is 0 Å². The number of fused-ring (bicyclic) bond motifs is 1. The van der Waals surface area contributed by atoms with E-state index in [0.717, 1.165) is 23.4 Å². The van der Waals surface area contributed by atoms with Crippen molar-refractivity contribution in [2.75, 3.05) is 49.1 Å². The molecule has 3 N–H and O–H groups in total. The Morgan fingerprint density at radius 3 is 2.24 bits per heavy atom. The third-order valence-electron chi connectivity index (χ3n) is 7.00. The van der Waals surface area contributed by atoms with Crippen molar-refractivity contribution in [3.63, 3.8) is 0 Å². The van der Waals surface area contributed by atoms with Crippen molar-refractivity contribution >= 4 is 28.2 Å². The van der Waals surface area contributed by atoms with Crippen LogP contribution in [0.2, 0.25) is 0 Å². The number of aromatic nitrogens is 1. The molecule has 0 amide bonds. The number of carbonyl (C=O) groups is 1. The fraction of sp³-hybridized carbons (Fsp3) is 0.385. The predicted octanol–water partition coefficient (Wildman–Crippen LogP) is 2.70. The van der Waals surface area contributed by atoms with Crippen molar-refractivity contribution in [1.82, 2.24) is 15.2 Å². The highest BCUT2D eigenvalue weighted by Gasteiger charge is 2.28. The number of hydrogen-bond acceptors (Lipinski definition) is 6. The zero-order valence-electron chi connectivity index (χ0n) is 20.5. The maximum atomic E-state index is 16.1. The minimum atomic E-state index is -1.58. The normalized spacial score (nSPS) is 20.5. The second kappa shape index (κ2) is 9.71. The van der Waals surface area contributed by atoms with Crippen LogP contribution in [0.15, 0.2) is 35.3 Å². The van der Waals surface area contributed by atoms with Crippen LogP contribution in [0.5, 0.6) is 0 Å². The Balaban J connectivity index is 1.72. The van der Waals surface area contributed by atoms with Gasteiger partial charge in [-0.25, -0.2) is 18.0 Å². The van der Waals surface area contributed by atoms with Crippen molar-refractivity contribution in [2.45, 2.75) is 25.9 Å². The van der Waals surface area contributed by atoms with Gasteiger partial charge in [-0.2, -0.15) is 0 Å². The first-order valence-corrected chi connectivity index (χ1v) is 12.2. The van der Waals surface area contributed by atoms with E-state index in [2.05, 4.69) is 10.6 Å². The van der Waals surface area contributed by atoms with Gasteiger partial charge in [0, 0.05) is 63.2 Å². The standard InChI is InChI=1S/C26H28F3N5O3/c1-14-11-32(7-5-30-14)16-3-4-21(19(27)9-16)34-13-18(26(36)37)25(35)17-10-20(28)24(22(29)23(17)34)33-8-6-31-15(2)12-33/h3-4,9-10,13-15,30-31H,5-8,11-12H2,1-2H3,(H,36,37). The Kier molecular flexibility index (Phi) is 6.59. The number of benzene rings is 2. The molecule has 1 aromatic heterocycles. The lowest BCUT2D eigenvalue weighted by molar-refractivity contribution is 0.0695. The monoisotopic (exact) mass is 515 g/mol. The van der Waals surface area contributed by atoms with E-state index in [0.29, 0.717) is 38.4 Å². The highest BCUT2D eigenvalue weighted by atomic mass is 19.1. The molecule has 0 aliphatic carbocycles. The molecule has 2 saturated heterocycles. The molecule has 11 heteroatoms. The number of halogens is 3. The van der Waals surface area contributed by atoms with Crippen molar-refractivity contribution < 1.29 is 23.1 Å². The average molecular weight is 516 g/mol. The van der Waals surface area contributed by atoms with Gasteiger partial charge in [0.2, 0.25) is 5.43 Å². The topological polar surface area (TPSA) is 89.8 Å². The number of nitrogens with zero attached hydrogens (tertiary/aromatic N) is 3. The Morgan fingerprint density at radius 1 is 0.973 bits per heavy atom. The van der Waals surface area contributed by atoms with Crippen molar-refractivity contribution in [3.8, 4) is 5.69 Å². The molecule has 5 rings (SSSR count). The third-order valence-corrected chi connectivity index (χ3v) is 7.00. The maximum Gasteiger partial charge on any atom is 0.341 e. The molecular weight excluding hydrogens is 487 g/mol. The largest absolute Gasteiger partial charge is 0.477 e. The summed E-state index contributed by atoms with van der Waals surface area (Å²) in [4.78, 5) is 28.3. The molecule has 3 heterocycles. The smallest absolute Gasteiger partial charge is 0.341 e. The Hall–Kier alpha value is -3.57. The summed E-state index contributed by atoms with van der Waals surface area (Å²) < 4.78 is 47.9. The van der Waals surface area contributed by atoms with E-state index in [1.807, 2.05) is 18.7 Å². The molecule has 0 radical (unpaired) electrons. The van der Waals surface area contributed by atoms with Gasteiger partial charge in [-0.3, -0.25) is 4.79 Å². The fourth-order valence-corrected chi connectivity index (χ4v) is 5.23. The Morgan fingerprint density at radius 2 is 1.62 bits per heavy atom. The first-order valence-electron chi connectivity index (χ1n) is 12.2. The summed E-state index contributed by atoms with van der Waals surface area (Å²) in [6.45, 7) is 7.14. The molecule has 2 unspecified atom stereocenters. The van der Waals surface area contributed by atoms with Gasteiger partial charge >= 0.3 is 5.97 Å². The Bertz CT molecular complexity index is 1440. The van der Waals surface area contributed by atoms with Crippen LogP contribution in [-0.4, -0.2) is 67.0 Å². The fourth-order valence-electron chi connectivity index (χ4n) is 5.23. The molecule has 2 fully saturated rings. The molecule has 0 spiro atoms. The number of pyridine rings is 1. The number of anilines is 2. The van der Waals surface area contributed by atoms with Gasteiger partial charge in [0.15, 0.2) is 5.82 Å². The van der Waals surface area contributed by atoms with Gasteiger partial charge in [0.25, 0.3) is 0 Å². The zero-order chi connectivity index (χ0) is 26.4. The second-order valence-electron chi connectivity index (χ2n) is 9.70. The number of carboxylic acid groups (broad SMARTS) is 1. The minimum Gasteiger partial charge on any atom is -0.477 e. The summed E-state index contributed by atoms with van der Waals surface area (Å²) in [5.74, 6) is -4.33. The van der Waals surface area contributed by atoms with Crippen LogP contribution in [0.25, 0.3) is 16.6 Å². The van der Waals surface area contributed by atoms with Gasteiger partial charge < -0.3 is 30.1 Å². The summed E-state index contributed by atoms with van der Waals surface area (Å²) in [7, 11) is 0. The zero-order valence-corrected chi connectivity index (χ0v) is 20.5. The predicted molar refractivity (Wildman–Crippen MR) is 136 cm³/mol. The minimum absolute atomic E-state index is 0.0301. The highest BCUT2D eigenvalue weighted by Crippen LogP contribution is 2.33. The molecule has 2 atom stereocenters. The SMILES string of the molecule is CC1CN(c2ccc(-n3cc(C(=O)O)c(=O)c4cc(F)c(N5CCNC(C)C5)c(F)c43)c(F)c2)CCN1. The molecule has 2 aromatic carbocycles. The van der Waals surface area contributed by atoms with E-state index in [4.69, 9.17) is 0 Å². The number of hydrogen-bond donors (Lipinski definition) is 3. The summed E-state index contributed by atoms with van der Waals surface area (Å²) >= 11 is 0. The first kappa shape index (κ1) is 25.1. The van der Waals surface area contributed by atoms with Gasteiger partial charge in [-0.1, -0.05) is 0 Å². The number of rotatable bonds is 4. The first-order chi connectivity index (χ1) is 17.7. The van der Waals surface area contributed by atoms with Gasteiger partial charge in [0.1, 0.15) is 22.9 Å². The molecule has 3 aromatic rings. The summed E-state index contributed by atoms with van der Waals surface area (Å²) in [5.41, 5.74) is -1.98. The van der Waals surface area contributed by atoms with Gasteiger partial charge in [0.05, 0.1) is 16.6 Å². The van der Waals surface area contributed by atoms with Gasteiger partial charge in [-0.15, -0.1) is 0 Å². The average Bonchev–Trinajstić information content (AvgIpc) is 2.84. The molecule has 0 saturated carbocycles. The lowest BCUT2D eigenvalue weighted by Crippen LogP contribution is -2.49. The summed E-state index contributed by atoms with van der Waals surface area (Å²) in [6, 6.07) is 5.42. The summed E-state index contributed by atoms with van der Waals surface area (Å²) in [5, 5.41) is 15.7. The Labute approximate surface area is 211 Å². The number of carboxylic acids is 1. The van der Waals surface area contributed by atoms with Crippen molar-refractivity contribution in [2.24, 2.45) is 0 Å². The van der Waals surface area contributed by atoms with Crippen LogP contribution in [0, 0.1) is 17.5 Å². The number of nitrogens with one attached hydrogen (secondary N) is 2. The van der Waals surface area contributed by atoms with E-state index in [-0.39, 0.29) is 29.0 Å². The molecule has 2 aliphatic heterocycles. The van der Waals surface area contributed by atoms with E-state index >= 15 is 13.2 Å². The van der Waals surface area contributed by atoms with E-state index < -0.39 is 39.8 Å². The second-order valence-corrected chi connectivity index (χ2v) is 9.70. The molecule has 2 aliphatic rings.